The number of benzene rings is 1. The van der Waals surface area contributed by atoms with Crippen molar-refractivity contribution in [3.8, 4) is 0 Å². The molecule has 0 amide bonds. The van der Waals surface area contributed by atoms with Crippen molar-refractivity contribution in [1.29, 1.82) is 0 Å². The minimum Gasteiger partial charge on any atom is -0.240 e. The third kappa shape index (κ3) is 2.54. The summed E-state index contributed by atoms with van der Waals surface area (Å²) in [6.45, 7) is 0. The Labute approximate surface area is 71.3 Å². The van der Waals surface area contributed by atoms with Crippen LogP contribution in [0.5, 0.6) is 0 Å². The summed E-state index contributed by atoms with van der Waals surface area (Å²) in [4.78, 5) is 9.95. The van der Waals surface area contributed by atoms with Crippen LogP contribution < -0.4 is 0 Å². The van der Waals surface area contributed by atoms with E-state index in [1.165, 1.54) is 5.01 Å². The standard InChI is InChI=1S/C9H10N2O/c1-11(10-12)8-7-9-5-3-2-4-6-9/h2-8H,1H3/b8-7+. The predicted molar refractivity (Wildman–Crippen MR) is 49.0 cm³/mol. The molecule has 0 saturated heterocycles. The zero-order valence-corrected chi connectivity index (χ0v) is 6.84. The molecule has 12 heavy (non-hydrogen) atoms. The molecular formula is C9H10N2O. The average molecular weight is 162 g/mol. The number of hydrogen-bond donors (Lipinski definition) is 0. The van der Waals surface area contributed by atoms with Crippen molar-refractivity contribution in [3.05, 3.63) is 47.0 Å². The highest BCUT2D eigenvalue weighted by atomic mass is 16.3. The number of nitroso groups, excluding NO2 is 1. The van der Waals surface area contributed by atoms with Gasteiger partial charge < -0.3 is 0 Å². The Kier molecular flexibility index (Phi) is 3.02. The highest BCUT2D eigenvalue weighted by Gasteiger charge is 1.85. The highest BCUT2D eigenvalue weighted by Crippen LogP contribution is 2.01. The second-order valence-corrected chi connectivity index (χ2v) is 2.38. The highest BCUT2D eigenvalue weighted by molar-refractivity contribution is 5.48. The molecule has 0 fully saturated rings. The lowest BCUT2D eigenvalue weighted by atomic mass is 10.2. The summed E-state index contributed by atoms with van der Waals surface area (Å²) in [5, 5.41) is 3.92. The van der Waals surface area contributed by atoms with Gasteiger partial charge in [-0.2, -0.15) is 0 Å². The molecule has 0 saturated carbocycles. The van der Waals surface area contributed by atoms with Gasteiger partial charge in [-0.1, -0.05) is 30.3 Å². The van der Waals surface area contributed by atoms with Crippen LogP contribution in [0.1, 0.15) is 5.56 Å². The maximum atomic E-state index is 9.95. The molecule has 0 N–H and O–H groups in total. The van der Waals surface area contributed by atoms with Gasteiger partial charge in [-0.15, -0.1) is 4.91 Å². The molecule has 0 heterocycles. The fraction of sp³-hybridized carbons (Fsp3) is 0.111. The smallest absolute Gasteiger partial charge is 0.0565 e. The third-order valence-corrected chi connectivity index (χ3v) is 1.41. The van der Waals surface area contributed by atoms with E-state index >= 15 is 0 Å². The van der Waals surface area contributed by atoms with Crippen LogP contribution in [0.15, 0.2) is 41.8 Å². The topological polar surface area (TPSA) is 32.7 Å². The van der Waals surface area contributed by atoms with E-state index in [2.05, 4.69) is 5.29 Å². The Bertz CT molecular complexity index is 269. The summed E-state index contributed by atoms with van der Waals surface area (Å²) in [5.41, 5.74) is 1.05. The zero-order valence-electron chi connectivity index (χ0n) is 6.84. The van der Waals surface area contributed by atoms with E-state index in [4.69, 9.17) is 0 Å². The first-order chi connectivity index (χ1) is 5.83. The second-order valence-electron chi connectivity index (χ2n) is 2.38. The molecule has 1 aromatic rings. The van der Waals surface area contributed by atoms with Gasteiger partial charge in [0.25, 0.3) is 0 Å². The number of rotatable bonds is 3. The zero-order chi connectivity index (χ0) is 8.81. The molecule has 0 aromatic heterocycles. The summed E-state index contributed by atoms with van der Waals surface area (Å²) in [5.74, 6) is 0. The van der Waals surface area contributed by atoms with Gasteiger partial charge in [0.05, 0.1) is 5.29 Å². The predicted octanol–water partition coefficient (Wildman–Crippen LogP) is 2.27. The molecule has 0 radical (unpaired) electrons. The lowest BCUT2D eigenvalue weighted by Crippen LogP contribution is -1.97. The number of nitrogens with zero attached hydrogens (tertiary/aromatic N) is 2. The Morgan fingerprint density at radius 3 is 2.58 bits per heavy atom. The van der Waals surface area contributed by atoms with Gasteiger partial charge in [0.1, 0.15) is 0 Å². The van der Waals surface area contributed by atoms with E-state index < -0.39 is 0 Å². The summed E-state index contributed by atoms with van der Waals surface area (Å²) in [6, 6.07) is 9.73. The minimum absolute atomic E-state index is 1.05. The van der Waals surface area contributed by atoms with Gasteiger partial charge in [0.2, 0.25) is 0 Å². The molecule has 0 unspecified atom stereocenters. The molecule has 62 valence electrons. The van der Waals surface area contributed by atoms with Crippen LogP contribution in [0, 0.1) is 4.91 Å². The third-order valence-electron chi connectivity index (χ3n) is 1.41. The van der Waals surface area contributed by atoms with Gasteiger partial charge in [-0.25, -0.2) is 5.01 Å². The number of hydrogen-bond acceptors (Lipinski definition) is 2. The molecule has 0 aliphatic rings. The van der Waals surface area contributed by atoms with Crippen molar-refractivity contribution in [3.63, 3.8) is 0 Å². The van der Waals surface area contributed by atoms with Crippen molar-refractivity contribution < 1.29 is 0 Å². The van der Waals surface area contributed by atoms with Crippen molar-refractivity contribution in [2.75, 3.05) is 7.05 Å². The Morgan fingerprint density at radius 1 is 1.33 bits per heavy atom. The van der Waals surface area contributed by atoms with Crippen LogP contribution in [0.4, 0.5) is 0 Å². The maximum Gasteiger partial charge on any atom is 0.0565 e. The Balaban J connectivity index is 2.63. The molecule has 1 aromatic carbocycles. The van der Waals surface area contributed by atoms with E-state index in [1.807, 2.05) is 36.4 Å². The van der Waals surface area contributed by atoms with E-state index in [1.54, 1.807) is 13.2 Å². The first kappa shape index (κ1) is 8.46. The van der Waals surface area contributed by atoms with E-state index in [-0.39, 0.29) is 0 Å². The summed E-state index contributed by atoms with van der Waals surface area (Å²) in [6.07, 6.45) is 3.43. The first-order valence-corrected chi connectivity index (χ1v) is 3.62. The SMILES string of the molecule is CN(/C=C/c1ccccc1)N=O. The second kappa shape index (κ2) is 4.28. The molecule has 1 rings (SSSR count). The Hall–Kier alpha value is -1.64. The molecule has 0 aliphatic heterocycles. The van der Waals surface area contributed by atoms with E-state index in [9.17, 15) is 4.91 Å². The van der Waals surface area contributed by atoms with Crippen LogP contribution in [0.25, 0.3) is 6.08 Å². The normalized spacial score (nSPS) is 10.1. The summed E-state index contributed by atoms with van der Waals surface area (Å²) < 4.78 is 0. The van der Waals surface area contributed by atoms with Crippen LogP contribution in [0.3, 0.4) is 0 Å². The fourth-order valence-corrected chi connectivity index (χ4v) is 0.785. The molecule has 0 aliphatic carbocycles. The average Bonchev–Trinajstić information content (AvgIpc) is 2.16. The molecular weight excluding hydrogens is 152 g/mol. The fourth-order valence-electron chi connectivity index (χ4n) is 0.785. The van der Waals surface area contributed by atoms with Crippen molar-refractivity contribution in [2.24, 2.45) is 5.29 Å². The van der Waals surface area contributed by atoms with Crippen molar-refractivity contribution >= 4 is 6.08 Å². The van der Waals surface area contributed by atoms with E-state index in [0.29, 0.717) is 0 Å². The quantitative estimate of drug-likeness (QED) is 0.504. The van der Waals surface area contributed by atoms with Gasteiger partial charge in [-0.05, 0) is 11.6 Å². The largest absolute Gasteiger partial charge is 0.240 e. The minimum atomic E-state index is 1.05. The first-order valence-electron chi connectivity index (χ1n) is 3.62. The monoisotopic (exact) mass is 162 g/mol. The lowest BCUT2D eigenvalue weighted by molar-refractivity contribution is 0.486. The van der Waals surface area contributed by atoms with Crippen LogP contribution >= 0.6 is 0 Å². The summed E-state index contributed by atoms with van der Waals surface area (Å²) >= 11 is 0. The van der Waals surface area contributed by atoms with Crippen LogP contribution in [-0.4, -0.2) is 12.1 Å². The Morgan fingerprint density at radius 2 is 2.00 bits per heavy atom. The van der Waals surface area contributed by atoms with Crippen LogP contribution in [-0.2, 0) is 0 Å². The van der Waals surface area contributed by atoms with Crippen LogP contribution in [0.2, 0.25) is 0 Å². The maximum absolute atomic E-state index is 9.95. The molecule has 0 atom stereocenters. The molecule has 0 bridgehead atoms. The molecule has 0 spiro atoms. The van der Waals surface area contributed by atoms with Gasteiger partial charge in [0.15, 0.2) is 0 Å². The summed E-state index contributed by atoms with van der Waals surface area (Å²) in [7, 11) is 1.59. The van der Waals surface area contributed by atoms with Gasteiger partial charge in [0, 0.05) is 13.2 Å². The lowest BCUT2D eigenvalue weighted by Gasteiger charge is -1.98. The van der Waals surface area contributed by atoms with Gasteiger partial charge >= 0.3 is 0 Å². The van der Waals surface area contributed by atoms with E-state index in [0.717, 1.165) is 5.56 Å². The van der Waals surface area contributed by atoms with Crippen molar-refractivity contribution in [2.45, 2.75) is 0 Å². The van der Waals surface area contributed by atoms with Crippen molar-refractivity contribution in [1.82, 2.24) is 5.01 Å². The van der Waals surface area contributed by atoms with Gasteiger partial charge in [-0.3, -0.25) is 0 Å². The molecule has 3 nitrogen and oxygen atoms in total. The molecule has 3 heteroatoms.